The van der Waals surface area contributed by atoms with Crippen LogP contribution in [-0.4, -0.2) is 29.6 Å². The summed E-state index contributed by atoms with van der Waals surface area (Å²) in [6.45, 7) is 3.02. The Kier molecular flexibility index (Phi) is 4.89. The lowest BCUT2D eigenvalue weighted by molar-refractivity contribution is -0.143. The third-order valence-electron chi connectivity index (χ3n) is 4.00. The molecule has 0 N–H and O–H groups in total. The number of esters is 1. The molecule has 23 heavy (non-hydrogen) atoms. The van der Waals surface area contributed by atoms with Gasteiger partial charge in [0, 0.05) is 6.54 Å². The number of ether oxygens (including phenoxy) is 1. The van der Waals surface area contributed by atoms with Crippen LogP contribution >= 0.6 is 0 Å². The van der Waals surface area contributed by atoms with Gasteiger partial charge in [-0.25, -0.2) is 0 Å². The quantitative estimate of drug-likeness (QED) is 0.604. The maximum atomic E-state index is 12.1. The molecule has 0 aromatic heterocycles. The van der Waals surface area contributed by atoms with E-state index in [1.165, 1.54) is 5.56 Å². The van der Waals surface area contributed by atoms with Gasteiger partial charge in [-0.05, 0) is 18.1 Å². The second kappa shape index (κ2) is 7.25. The second-order valence-corrected chi connectivity index (χ2v) is 5.62. The van der Waals surface area contributed by atoms with Crippen LogP contribution in [0, 0.1) is 0 Å². The van der Waals surface area contributed by atoms with Gasteiger partial charge in [-0.1, -0.05) is 72.8 Å². The van der Waals surface area contributed by atoms with E-state index in [0.29, 0.717) is 6.61 Å². The van der Waals surface area contributed by atoms with Gasteiger partial charge >= 0.3 is 5.97 Å². The van der Waals surface area contributed by atoms with Gasteiger partial charge < -0.3 is 4.74 Å². The van der Waals surface area contributed by atoms with Gasteiger partial charge in [0.2, 0.25) is 0 Å². The van der Waals surface area contributed by atoms with E-state index in [0.717, 1.165) is 12.1 Å². The first-order valence-electron chi connectivity index (χ1n) is 7.99. The van der Waals surface area contributed by atoms with E-state index in [-0.39, 0.29) is 18.1 Å². The zero-order chi connectivity index (χ0) is 16.1. The first-order chi connectivity index (χ1) is 11.3. The van der Waals surface area contributed by atoms with E-state index in [4.69, 9.17) is 4.74 Å². The summed E-state index contributed by atoms with van der Waals surface area (Å²) in [5.41, 5.74) is 2.35. The third-order valence-corrected chi connectivity index (χ3v) is 4.00. The Morgan fingerprint density at radius 3 is 2.39 bits per heavy atom. The molecule has 1 aliphatic rings. The molecule has 3 rings (SSSR count). The standard InChI is InChI=1S/C20H21NO2/c1-2-23-20(22)19-18(14-13-16-9-5-3-6-10-16)21(19)15-17-11-7-4-8-12-17/h3-14,18-19H,2,15H2,1H3/b14-13+/t18-,19+,21?/m0/s1. The lowest BCUT2D eigenvalue weighted by Gasteiger charge is -2.03. The van der Waals surface area contributed by atoms with Crippen LogP contribution in [0.4, 0.5) is 0 Å². The van der Waals surface area contributed by atoms with Crippen LogP contribution in [0.1, 0.15) is 18.1 Å². The van der Waals surface area contributed by atoms with Crippen molar-refractivity contribution in [2.24, 2.45) is 0 Å². The second-order valence-electron chi connectivity index (χ2n) is 5.62. The monoisotopic (exact) mass is 307 g/mol. The van der Waals surface area contributed by atoms with Crippen LogP contribution in [0.2, 0.25) is 0 Å². The van der Waals surface area contributed by atoms with Crippen molar-refractivity contribution in [2.75, 3.05) is 6.61 Å². The molecule has 3 heteroatoms. The fourth-order valence-electron chi connectivity index (χ4n) is 2.79. The molecule has 3 atom stereocenters. The highest BCUT2D eigenvalue weighted by molar-refractivity contribution is 5.81. The van der Waals surface area contributed by atoms with E-state index >= 15 is 0 Å². The van der Waals surface area contributed by atoms with Gasteiger partial charge in [0.05, 0.1) is 12.6 Å². The predicted octanol–water partition coefficient (Wildman–Crippen LogP) is 3.52. The predicted molar refractivity (Wildman–Crippen MR) is 91.7 cm³/mol. The summed E-state index contributed by atoms with van der Waals surface area (Å²) in [5, 5.41) is 0. The van der Waals surface area contributed by atoms with Crippen molar-refractivity contribution in [2.45, 2.75) is 25.6 Å². The molecular formula is C20H21NO2. The Hall–Kier alpha value is -2.39. The molecule has 1 unspecified atom stereocenters. The number of benzene rings is 2. The molecule has 118 valence electrons. The molecule has 2 aromatic carbocycles. The summed E-state index contributed by atoms with van der Waals surface area (Å²) in [4.78, 5) is 14.3. The highest BCUT2D eigenvalue weighted by Crippen LogP contribution is 2.33. The highest BCUT2D eigenvalue weighted by atomic mass is 16.5. The van der Waals surface area contributed by atoms with Gasteiger partial charge in [0.25, 0.3) is 0 Å². The van der Waals surface area contributed by atoms with Gasteiger partial charge in [-0.15, -0.1) is 0 Å². The van der Waals surface area contributed by atoms with E-state index in [1.54, 1.807) is 0 Å². The lowest BCUT2D eigenvalue weighted by atomic mass is 10.2. The number of carbonyl (C=O) groups is 1. The smallest absolute Gasteiger partial charge is 0.325 e. The molecule has 1 fully saturated rings. The summed E-state index contributed by atoms with van der Waals surface area (Å²) in [6, 6.07) is 20.3. The molecule has 1 saturated heterocycles. The van der Waals surface area contributed by atoms with E-state index in [9.17, 15) is 4.79 Å². The SMILES string of the molecule is CCOC(=O)[C@H]1[C@H](/C=C/c2ccccc2)N1Cc1ccccc1. The van der Waals surface area contributed by atoms with Crippen molar-refractivity contribution in [3.8, 4) is 0 Å². The summed E-state index contributed by atoms with van der Waals surface area (Å²) >= 11 is 0. The minimum absolute atomic E-state index is 0.106. The molecule has 0 bridgehead atoms. The molecule has 0 spiro atoms. The van der Waals surface area contributed by atoms with Gasteiger partial charge in [0.1, 0.15) is 6.04 Å². The number of hydrogen-bond donors (Lipinski definition) is 0. The van der Waals surface area contributed by atoms with Crippen molar-refractivity contribution < 1.29 is 9.53 Å². The van der Waals surface area contributed by atoms with Gasteiger partial charge in [0.15, 0.2) is 0 Å². The van der Waals surface area contributed by atoms with Gasteiger partial charge in [-0.3, -0.25) is 9.69 Å². The van der Waals surface area contributed by atoms with Crippen LogP contribution in [0.5, 0.6) is 0 Å². The highest BCUT2D eigenvalue weighted by Gasteiger charge is 2.51. The average molecular weight is 307 g/mol. The van der Waals surface area contributed by atoms with Crippen LogP contribution in [0.15, 0.2) is 66.7 Å². The summed E-state index contributed by atoms with van der Waals surface area (Å²) in [6.07, 6.45) is 4.17. The van der Waals surface area contributed by atoms with Crippen molar-refractivity contribution in [3.63, 3.8) is 0 Å². The zero-order valence-corrected chi connectivity index (χ0v) is 13.3. The van der Waals surface area contributed by atoms with E-state index in [1.807, 2.05) is 43.3 Å². The first-order valence-corrected chi connectivity index (χ1v) is 7.99. The van der Waals surface area contributed by atoms with Crippen LogP contribution < -0.4 is 0 Å². The molecular weight excluding hydrogens is 286 g/mol. The molecule has 3 nitrogen and oxygen atoms in total. The Morgan fingerprint density at radius 1 is 1.09 bits per heavy atom. The van der Waals surface area contributed by atoms with Crippen LogP contribution in [-0.2, 0) is 16.1 Å². The van der Waals surface area contributed by atoms with Crippen molar-refractivity contribution in [1.29, 1.82) is 0 Å². The lowest BCUT2D eigenvalue weighted by Crippen LogP contribution is -2.16. The van der Waals surface area contributed by atoms with E-state index < -0.39 is 0 Å². The Bertz CT molecular complexity index is 667. The topological polar surface area (TPSA) is 29.3 Å². The number of nitrogens with zero attached hydrogens (tertiary/aromatic N) is 1. The minimum atomic E-state index is -0.171. The van der Waals surface area contributed by atoms with E-state index in [2.05, 4.69) is 41.3 Å². The Balaban J connectivity index is 1.71. The molecule has 1 heterocycles. The fourth-order valence-corrected chi connectivity index (χ4v) is 2.79. The third kappa shape index (κ3) is 3.88. The van der Waals surface area contributed by atoms with Gasteiger partial charge in [-0.2, -0.15) is 0 Å². The largest absolute Gasteiger partial charge is 0.465 e. The van der Waals surface area contributed by atoms with Crippen LogP contribution in [0.3, 0.4) is 0 Å². The Labute approximate surface area is 137 Å². The summed E-state index contributed by atoms with van der Waals surface area (Å²) < 4.78 is 5.20. The number of carbonyl (C=O) groups excluding carboxylic acids is 1. The summed E-state index contributed by atoms with van der Waals surface area (Å²) in [7, 11) is 0. The number of hydrogen-bond acceptors (Lipinski definition) is 3. The normalized spacial score (nSPS) is 22.9. The molecule has 2 aromatic rings. The zero-order valence-electron chi connectivity index (χ0n) is 13.3. The Morgan fingerprint density at radius 2 is 1.74 bits per heavy atom. The van der Waals surface area contributed by atoms with Crippen molar-refractivity contribution in [1.82, 2.24) is 4.90 Å². The van der Waals surface area contributed by atoms with Crippen molar-refractivity contribution in [3.05, 3.63) is 77.9 Å². The molecule has 0 radical (unpaired) electrons. The maximum Gasteiger partial charge on any atom is 0.325 e. The summed E-state index contributed by atoms with van der Waals surface area (Å²) in [5.74, 6) is -0.133. The number of rotatable bonds is 6. The fraction of sp³-hybridized carbons (Fsp3) is 0.250. The molecule has 0 saturated carbocycles. The molecule has 1 aliphatic heterocycles. The first kappa shape index (κ1) is 15.5. The minimum Gasteiger partial charge on any atom is -0.465 e. The molecule has 0 amide bonds. The maximum absolute atomic E-state index is 12.1. The van der Waals surface area contributed by atoms with Crippen LogP contribution in [0.25, 0.3) is 6.08 Å². The molecule has 0 aliphatic carbocycles. The average Bonchev–Trinajstić information content (AvgIpc) is 3.27. The van der Waals surface area contributed by atoms with Crippen molar-refractivity contribution >= 4 is 12.0 Å².